The van der Waals surface area contributed by atoms with Gasteiger partial charge in [-0.3, -0.25) is 0 Å². The predicted octanol–water partition coefficient (Wildman–Crippen LogP) is 2.99. The van der Waals surface area contributed by atoms with Crippen LogP contribution >= 0.6 is 11.6 Å². The van der Waals surface area contributed by atoms with Crippen LogP contribution in [-0.2, 0) is 6.54 Å². The Labute approximate surface area is 114 Å². The van der Waals surface area contributed by atoms with Crippen LogP contribution in [0.2, 0.25) is 5.02 Å². The summed E-state index contributed by atoms with van der Waals surface area (Å²) in [5, 5.41) is 13.5. The summed E-state index contributed by atoms with van der Waals surface area (Å²) in [6.45, 7) is 7.05. The summed E-state index contributed by atoms with van der Waals surface area (Å²) < 4.78 is 5.63. The van der Waals surface area contributed by atoms with Crippen LogP contribution in [0.4, 0.5) is 0 Å². The third-order valence-electron chi connectivity index (χ3n) is 2.67. The molecule has 4 heteroatoms. The first-order valence-corrected chi connectivity index (χ1v) is 6.74. The first-order valence-electron chi connectivity index (χ1n) is 6.36. The minimum absolute atomic E-state index is 0.297. The van der Waals surface area contributed by atoms with Crippen LogP contribution in [0.25, 0.3) is 0 Å². The van der Waals surface area contributed by atoms with Gasteiger partial charge in [-0.15, -0.1) is 0 Å². The van der Waals surface area contributed by atoms with Crippen molar-refractivity contribution >= 4 is 11.6 Å². The van der Waals surface area contributed by atoms with Gasteiger partial charge >= 0.3 is 0 Å². The Morgan fingerprint density at radius 3 is 2.72 bits per heavy atom. The molecular formula is C14H22ClNO2. The lowest BCUT2D eigenvalue weighted by Crippen LogP contribution is -2.23. The van der Waals surface area contributed by atoms with Gasteiger partial charge in [-0.05, 0) is 18.6 Å². The van der Waals surface area contributed by atoms with Gasteiger partial charge in [0, 0.05) is 23.2 Å². The molecule has 1 atom stereocenters. The highest BCUT2D eigenvalue weighted by molar-refractivity contribution is 6.31. The lowest BCUT2D eigenvalue weighted by molar-refractivity contribution is 0.104. The number of hydrogen-bond acceptors (Lipinski definition) is 3. The Bertz CT molecular complexity index is 369. The average molecular weight is 272 g/mol. The molecule has 0 aliphatic carbocycles. The zero-order valence-electron chi connectivity index (χ0n) is 11.2. The maximum absolute atomic E-state index is 9.52. The third kappa shape index (κ3) is 4.84. The minimum Gasteiger partial charge on any atom is -0.491 e. The Hall–Kier alpha value is -0.770. The number of ether oxygens (including phenoxy) is 1. The van der Waals surface area contributed by atoms with Crippen molar-refractivity contribution in [2.75, 3.05) is 6.61 Å². The zero-order valence-corrected chi connectivity index (χ0v) is 12.0. The van der Waals surface area contributed by atoms with Gasteiger partial charge in [0.05, 0.1) is 6.10 Å². The predicted molar refractivity (Wildman–Crippen MR) is 75.2 cm³/mol. The summed E-state index contributed by atoms with van der Waals surface area (Å²) in [6, 6.07) is 5.97. The molecule has 0 radical (unpaired) electrons. The summed E-state index contributed by atoms with van der Waals surface area (Å²) in [6.07, 6.45) is 0.245. The number of hydrogen-bond donors (Lipinski definition) is 2. The highest BCUT2D eigenvalue weighted by Gasteiger charge is 2.10. The van der Waals surface area contributed by atoms with Crippen molar-refractivity contribution in [3.05, 3.63) is 28.8 Å². The molecule has 0 heterocycles. The Morgan fingerprint density at radius 1 is 1.39 bits per heavy atom. The SMILES string of the molecule is CCC(O)COc1cccc(Cl)c1CNC(C)C. The van der Waals surface area contributed by atoms with Crippen LogP contribution in [0.3, 0.4) is 0 Å². The lowest BCUT2D eigenvalue weighted by Gasteiger charge is -2.16. The fraction of sp³-hybridized carbons (Fsp3) is 0.571. The van der Waals surface area contributed by atoms with Gasteiger partial charge in [0.2, 0.25) is 0 Å². The van der Waals surface area contributed by atoms with E-state index in [2.05, 4.69) is 19.2 Å². The molecule has 2 N–H and O–H groups in total. The molecule has 18 heavy (non-hydrogen) atoms. The van der Waals surface area contributed by atoms with Crippen LogP contribution in [0.1, 0.15) is 32.8 Å². The Morgan fingerprint density at radius 2 is 2.11 bits per heavy atom. The Balaban J connectivity index is 2.73. The molecule has 0 saturated heterocycles. The van der Waals surface area contributed by atoms with Crippen LogP contribution in [0, 0.1) is 0 Å². The zero-order chi connectivity index (χ0) is 13.5. The highest BCUT2D eigenvalue weighted by atomic mass is 35.5. The molecule has 0 spiro atoms. The van der Waals surface area contributed by atoms with E-state index in [1.807, 2.05) is 25.1 Å². The maximum Gasteiger partial charge on any atom is 0.125 e. The van der Waals surface area contributed by atoms with E-state index in [0.717, 1.165) is 11.3 Å². The van der Waals surface area contributed by atoms with Crippen molar-refractivity contribution in [2.24, 2.45) is 0 Å². The van der Waals surface area contributed by atoms with Gasteiger partial charge in [0.1, 0.15) is 12.4 Å². The van der Waals surface area contributed by atoms with E-state index < -0.39 is 6.10 Å². The van der Waals surface area contributed by atoms with E-state index >= 15 is 0 Å². The van der Waals surface area contributed by atoms with Crippen molar-refractivity contribution in [2.45, 2.75) is 45.9 Å². The van der Waals surface area contributed by atoms with Crippen molar-refractivity contribution in [3.63, 3.8) is 0 Å². The molecule has 1 rings (SSSR count). The standard InChI is InChI=1S/C14H22ClNO2/c1-4-11(17)9-18-14-7-5-6-13(15)12(14)8-16-10(2)3/h5-7,10-11,16-17H,4,8-9H2,1-3H3. The van der Waals surface area contributed by atoms with Gasteiger partial charge < -0.3 is 15.2 Å². The molecule has 0 bridgehead atoms. The average Bonchev–Trinajstić information content (AvgIpc) is 2.34. The monoisotopic (exact) mass is 271 g/mol. The molecule has 0 aromatic heterocycles. The Kier molecular flexibility index (Phi) is 6.47. The highest BCUT2D eigenvalue weighted by Crippen LogP contribution is 2.26. The van der Waals surface area contributed by atoms with Crippen molar-refractivity contribution in [1.82, 2.24) is 5.32 Å². The molecule has 0 fully saturated rings. The third-order valence-corrected chi connectivity index (χ3v) is 3.02. The molecule has 1 aromatic carbocycles. The van der Waals surface area contributed by atoms with Gasteiger partial charge in [-0.1, -0.05) is 38.4 Å². The molecular weight excluding hydrogens is 250 g/mol. The topological polar surface area (TPSA) is 41.5 Å². The molecule has 0 amide bonds. The second-order valence-electron chi connectivity index (χ2n) is 4.63. The quantitative estimate of drug-likeness (QED) is 0.801. The molecule has 1 unspecified atom stereocenters. The second kappa shape index (κ2) is 7.62. The number of benzene rings is 1. The number of rotatable bonds is 7. The van der Waals surface area contributed by atoms with E-state index in [9.17, 15) is 5.11 Å². The fourth-order valence-corrected chi connectivity index (χ4v) is 1.69. The van der Waals surface area contributed by atoms with Gasteiger partial charge in [0.15, 0.2) is 0 Å². The van der Waals surface area contributed by atoms with Gasteiger partial charge in [-0.2, -0.15) is 0 Å². The summed E-state index contributed by atoms with van der Waals surface area (Å²) in [5.41, 5.74) is 0.941. The van der Waals surface area contributed by atoms with Gasteiger partial charge in [-0.25, -0.2) is 0 Å². The van der Waals surface area contributed by atoms with Crippen molar-refractivity contribution in [3.8, 4) is 5.75 Å². The molecule has 1 aromatic rings. The molecule has 0 aliphatic rings. The fourth-order valence-electron chi connectivity index (χ4n) is 1.46. The second-order valence-corrected chi connectivity index (χ2v) is 5.03. The van der Waals surface area contributed by atoms with E-state index in [0.29, 0.717) is 30.6 Å². The summed E-state index contributed by atoms with van der Waals surface area (Å²) in [7, 11) is 0. The van der Waals surface area contributed by atoms with Crippen LogP contribution in [0.5, 0.6) is 5.75 Å². The summed E-state index contributed by atoms with van der Waals surface area (Å²) in [5.74, 6) is 0.739. The minimum atomic E-state index is -0.435. The van der Waals surface area contributed by atoms with Crippen LogP contribution < -0.4 is 10.1 Å². The molecule has 3 nitrogen and oxygen atoms in total. The lowest BCUT2D eigenvalue weighted by atomic mass is 10.2. The number of nitrogens with one attached hydrogen (secondary N) is 1. The van der Waals surface area contributed by atoms with E-state index in [1.165, 1.54) is 0 Å². The number of aliphatic hydroxyl groups excluding tert-OH is 1. The van der Waals surface area contributed by atoms with Crippen LogP contribution in [0.15, 0.2) is 18.2 Å². The van der Waals surface area contributed by atoms with E-state index in [1.54, 1.807) is 0 Å². The largest absolute Gasteiger partial charge is 0.491 e. The van der Waals surface area contributed by atoms with Crippen molar-refractivity contribution in [1.29, 1.82) is 0 Å². The molecule has 0 saturated carbocycles. The van der Waals surface area contributed by atoms with E-state index in [4.69, 9.17) is 16.3 Å². The number of aliphatic hydroxyl groups is 1. The van der Waals surface area contributed by atoms with Crippen LogP contribution in [-0.4, -0.2) is 23.9 Å². The first kappa shape index (κ1) is 15.3. The summed E-state index contributed by atoms with van der Waals surface area (Å²) in [4.78, 5) is 0. The molecule has 0 aliphatic heterocycles. The first-order chi connectivity index (χ1) is 8.54. The molecule has 102 valence electrons. The normalized spacial score (nSPS) is 12.8. The summed E-state index contributed by atoms with van der Waals surface area (Å²) >= 11 is 6.18. The van der Waals surface area contributed by atoms with E-state index in [-0.39, 0.29) is 0 Å². The maximum atomic E-state index is 9.52. The van der Waals surface area contributed by atoms with Gasteiger partial charge in [0.25, 0.3) is 0 Å². The number of halogens is 1. The van der Waals surface area contributed by atoms with Crippen molar-refractivity contribution < 1.29 is 9.84 Å². The smallest absolute Gasteiger partial charge is 0.125 e.